The molecule has 0 aliphatic carbocycles. The monoisotopic (exact) mass is 817 g/mol. The summed E-state index contributed by atoms with van der Waals surface area (Å²) >= 11 is 0. The van der Waals surface area contributed by atoms with Gasteiger partial charge in [0.1, 0.15) is 0 Å². The number of aromatic nitrogens is 5. The van der Waals surface area contributed by atoms with Gasteiger partial charge in [0, 0.05) is 22.4 Å². The van der Waals surface area contributed by atoms with Crippen molar-refractivity contribution in [1.82, 2.24) is 23.9 Å². The van der Waals surface area contributed by atoms with E-state index in [0.717, 1.165) is 101 Å². The van der Waals surface area contributed by atoms with E-state index >= 15 is 0 Å². The van der Waals surface area contributed by atoms with E-state index < -0.39 is 0 Å². The van der Waals surface area contributed by atoms with Gasteiger partial charge in [-0.1, -0.05) is 182 Å². The quantitative estimate of drug-likeness (QED) is 0.153. The molecule has 3 heterocycles. The van der Waals surface area contributed by atoms with Crippen molar-refractivity contribution in [3.05, 3.63) is 237 Å². The summed E-state index contributed by atoms with van der Waals surface area (Å²) in [7, 11) is 0. The predicted molar refractivity (Wildman–Crippen MR) is 263 cm³/mol. The maximum Gasteiger partial charge on any atom is 0.220 e. The van der Waals surface area contributed by atoms with Crippen LogP contribution in [0.25, 0.3) is 112 Å². The Bertz CT molecular complexity index is 3500. The zero-order chi connectivity index (χ0) is 42.4. The summed E-state index contributed by atoms with van der Waals surface area (Å²) in [5.74, 6) is 1.53. The molecule has 3 aromatic heterocycles. The van der Waals surface area contributed by atoms with Crippen LogP contribution in [0.1, 0.15) is 0 Å². The largest absolute Gasteiger partial charge is 0.278 e. The highest BCUT2D eigenvalue weighted by molar-refractivity contribution is 6.01. The molecule has 300 valence electrons. The van der Waals surface area contributed by atoms with Crippen LogP contribution < -0.4 is 0 Å². The van der Waals surface area contributed by atoms with Crippen LogP contribution in [-0.4, -0.2) is 23.9 Å². The highest BCUT2D eigenvalue weighted by Crippen LogP contribution is 2.45. The lowest BCUT2D eigenvalue weighted by Gasteiger charge is -2.19. The average molecular weight is 818 g/mol. The van der Waals surface area contributed by atoms with Crippen LogP contribution in [0.15, 0.2) is 237 Å². The Morgan fingerprint density at radius 2 is 0.766 bits per heavy atom. The first-order valence-corrected chi connectivity index (χ1v) is 21.6. The van der Waals surface area contributed by atoms with Crippen molar-refractivity contribution in [2.45, 2.75) is 0 Å². The van der Waals surface area contributed by atoms with Crippen LogP contribution in [0.3, 0.4) is 0 Å². The molecule has 0 unspecified atom stereocenters. The molecule has 0 aliphatic heterocycles. The Morgan fingerprint density at radius 3 is 1.31 bits per heavy atom. The van der Waals surface area contributed by atoms with E-state index in [0.29, 0.717) is 5.82 Å². The molecule has 0 saturated heterocycles. The zero-order valence-corrected chi connectivity index (χ0v) is 34.8. The van der Waals surface area contributed by atoms with E-state index in [1.165, 1.54) is 5.56 Å². The minimum absolute atomic E-state index is 0.664. The number of hydrogen-bond acceptors (Lipinski definition) is 3. The van der Waals surface area contributed by atoms with Crippen molar-refractivity contribution in [3.8, 4) is 84.1 Å². The summed E-state index contributed by atoms with van der Waals surface area (Å²) < 4.78 is 4.61. The van der Waals surface area contributed by atoms with Gasteiger partial charge in [-0.25, -0.2) is 15.0 Å². The van der Waals surface area contributed by atoms with Gasteiger partial charge in [0.15, 0.2) is 5.82 Å². The third-order valence-corrected chi connectivity index (χ3v) is 12.1. The fraction of sp³-hybridized carbons (Fsp3) is 0. The molecule has 5 heteroatoms. The molecule has 0 bridgehead atoms. The molecule has 0 atom stereocenters. The van der Waals surface area contributed by atoms with Crippen molar-refractivity contribution in [2.75, 3.05) is 0 Å². The lowest BCUT2D eigenvalue weighted by Crippen LogP contribution is -1.98. The third-order valence-electron chi connectivity index (χ3n) is 12.1. The molecule has 0 spiro atoms. The summed E-state index contributed by atoms with van der Waals surface area (Å²) in [4.78, 5) is 16.0. The van der Waals surface area contributed by atoms with E-state index in [2.05, 4.69) is 233 Å². The molecule has 0 fully saturated rings. The Morgan fingerprint density at radius 1 is 0.297 bits per heavy atom. The maximum absolute atomic E-state index is 5.36. The maximum atomic E-state index is 5.36. The summed E-state index contributed by atoms with van der Waals surface area (Å²) in [6.45, 7) is 0. The molecular formula is C59H39N5. The smallest absolute Gasteiger partial charge is 0.220 e. The van der Waals surface area contributed by atoms with Crippen molar-refractivity contribution >= 4 is 27.8 Å². The van der Waals surface area contributed by atoms with Crippen LogP contribution in [0.5, 0.6) is 0 Å². The average Bonchev–Trinajstić information content (AvgIpc) is 3.91. The Balaban J connectivity index is 1.14. The van der Waals surface area contributed by atoms with Gasteiger partial charge in [-0.2, -0.15) is 0 Å². The van der Waals surface area contributed by atoms with Crippen LogP contribution in [0.2, 0.25) is 0 Å². The number of hydrogen-bond donors (Lipinski definition) is 0. The first-order chi connectivity index (χ1) is 31.7. The van der Waals surface area contributed by atoms with E-state index in [9.17, 15) is 0 Å². The summed E-state index contributed by atoms with van der Waals surface area (Å²) in [5, 5.41) is 0. The molecule has 12 rings (SSSR count). The molecule has 0 radical (unpaired) electrons. The van der Waals surface area contributed by atoms with Crippen molar-refractivity contribution < 1.29 is 0 Å². The minimum Gasteiger partial charge on any atom is -0.278 e. The second-order valence-corrected chi connectivity index (χ2v) is 16.1. The van der Waals surface area contributed by atoms with Gasteiger partial charge in [-0.3, -0.25) is 8.97 Å². The molecule has 12 aromatic rings. The predicted octanol–water partition coefficient (Wildman–Crippen LogP) is 14.9. The Labute approximate surface area is 370 Å². The second-order valence-electron chi connectivity index (χ2n) is 16.1. The number of fused-ring (bicyclic) bond motifs is 5. The first kappa shape index (κ1) is 37.1. The highest BCUT2D eigenvalue weighted by Gasteiger charge is 2.23. The second kappa shape index (κ2) is 15.7. The summed E-state index contributed by atoms with van der Waals surface area (Å²) in [6.07, 6.45) is 0. The standard InChI is InChI=1S/C59H39N5/c1-7-19-40(20-8-1)45-32-34-54-56(37-45)64-55-38-46(31-33-51(55)62-59(64)63(54)48-29-17-6-18-30-48)57-49(41-21-9-2-10-22-41)35-47(36-50(57)42-23-11-3-12-24-42)58-60-52(43-25-13-4-14-26-43)39-53(61-58)44-27-15-5-16-28-44/h1-39H. The van der Waals surface area contributed by atoms with Crippen LogP contribution in [-0.2, 0) is 0 Å². The summed E-state index contributed by atoms with van der Waals surface area (Å²) in [6, 6.07) is 83.4. The van der Waals surface area contributed by atoms with Crippen molar-refractivity contribution in [2.24, 2.45) is 0 Å². The number of imidazole rings is 2. The normalized spacial score (nSPS) is 11.4. The van der Waals surface area contributed by atoms with Gasteiger partial charge in [0.05, 0.1) is 33.5 Å². The van der Waals surface area contributed by atoms with Crippen molar-refractivity contribution in [1.29, 1.82) is 0 Å². The lowest BCUT2D eigenvalue weighted by atomic mass is 9.85. The van der Waals surface area contributed by atoms with E-state index in [1.807, 2.05) is 12.1 Å². The number of nitrogens with zero attached hydrogens (tertiary/aromatic N) is 5. The van der Waals surface area contributed by atoms with Gasteiger partial charge >= 0.3 is 0 Å². The molecular weight excluding hydrogens is 779 g/mol. The van der Waals surface area contributed by atoms with Crippen molar-refractivity contribution in [3.63, 3.8) is 0 Å². The number of rotatable bonds is 8. The van der Waals surface area contributed by atoms with Gasteiger partial charge in [0.2, 0.25) is 5.78 Å². The zero-order valence-electron chi connectivity index (χ0n) is 34.8. The molecule has 5 nitrogen and oxygen atoms in total. The molecule has 0 aliphatic rings. The Hall–Kier alpha value is -8.67. The van der Waals surface area contributed by atoms with E-state index in [4.69, 9.17) is 15.0 Å². The SMILES string of the molecule is c1ccc(-c2ccc3c(c2)n2c4cc(-c5c(-c6ccccc6)cc(-c6nc(-c7ccccc7)cc(-c7ccccc7)n6)cc5-c5ccccc5)ccc4nc2n3-c2ccccc2)cc1. The van der Waals surface area contributed by atoms with Gasteiger partial charge in [-0.05, 0) is 99.1 Å². The lowest BCUT2D eigenvalue weighted by molar-refractivity contribution is 1.11. The molecule has 0 saturated carbocycles. The first-order valence-electron chi connectivity index (χ1n) is 21.6. The van der Waals surface area contributed by atoms with Crippen LogP contribution in [0, 0.1) is 0 Å². The van der Waals surface area contributed by atoms with Gasteiger partial charge in [-0.15, -0.1) is 0 Å². The van der Waals surface area contributed by atoms with E-state index in [1.54, 1.807) is 0 Å². The number of para-hydroxylation sites is 1. The molecule has 0 N–H and O–H groups in total. The number of benzene rings is 9. The van der Waals surface area contributed by atoms with Gasteiger partial charge < -0.3 is 0 Å². The minimum atomic E-state index is 0.664. The summed E-state index contributed by atoms with van der Waals surface area (Å²) in [5.41, 5.74) is 18.9. The van der Waals surface area contributed by atoms with Crippen LogP contribution >= 0.6 is 0 Å². The topological polar surface area (TPSA) is 48.0 Å². The molecule has 9 aromatic carbocycles. The van der Waals surface area contributed by atoms with Gasteiger partial charge in [0.25, 0.3) is 0 Å². The Kier molecular flexibility index (Phi) is 9.08. The van der Waals surface area contributed by atoms with E-state index in [-0.39, 0.29) is 0 Å². The third kappa shape index (κ3) is 6.55. The fourth-order valence-electron chi connectivity index (χ4n) is 9.11. The highest BCUT2D eigenvalue weighted by atomic mass is 15.2. The molecule has 0 amide bonds. The fourth-order valence-corrected chi connectivity index (χ4v) is 9.11. The van der Waals surface area contributed by atoms with Crippen LogP contribution in [0.4, 0.5) is 0 Å². The molecule has 64 heavy (non-hydrogen) atoms.